The van der Waals surface area contributed by atoms with E-state index in [1.807, 2.05) is 26.0 Å². The van der Waals surface area contributed by atoms with Crippen molar-refractivity contribution in [2.45, 2.75) is 39.5 Å². The van der Waals surface area contributed by atoms with Crippen molar-refractivity contribution in [2.24, 2.45) is 0 Å². The van der Waals surface area contributed by atoms with Crippen molar-refractivity contribution < 1.29 is 14.8 Å². The Morgan fingerprint density at radius 3 is 2.78 bits per heavy atom. The van der Waals surface area contributed by atoms with E-state index in [-0.39, 0.29) is 18.2 Å². The molecule has 0 saturated heterocycles. The van der Waals surface area contributed by atoms with Crippen molar-refractivity contribution in [1.29, 1.82) is 0 Å². The van der Waals surface area contributed by atoms with Crippen molar-refractivity contribution in [2.75, 3.05) is 16.8 Å². The first kappa shape index (κ1) is 18.8. The normalized spacial score (nSPS) is 12.7. The van der Waals surface area contributed by atoms with E-state index in [1.165, 1.54) is 0 Å². The average molecular weight is 368 g/mol. The lowest BCUT2D eigenvalue weighted by Gasteiger charge is -2.24. The van der Waals surface area contributed by atoms with E-state index in [0.29, 0.717) is 24.3 Å². The van der Waals surface area contributed by atoms with Gasteiger partial charge < -0.3 is 10.2 Å². The number of unbranched alkanes of at least 4 members (excludes halogenated alkanes) is 2. The van der Waals surface area contributed by atoms with Gasteiger partial charge in [0.25, 0.3) is 5.91 Å². The van der Waals surface area contributed by atoms with Gasteiger partial charge in [0.15, 0.2) is 0 Å². The number of aromatic nitrogens is 1. The number of benzene rings is 1. The predicted octanol–water partition coefficient (Wildman–Crippen LogP) is 3.47. The van der Waals surface area contributed by atoms with Crippen LogP contribution >= 0.6 is 0 Å². The molecule has 1 aromatic heterocycles. The summed E-state index contributed by atoms with van der Waals surface area (Å²) in [7, 11) is 0. The topological polar surface area (TPSA) is 94.6 Å². The summed E-state index contributed by atoms with van der Waals surface area (Å²) >= 11 is 0. The number of carbonyl (C=O) groups excluding carboxylic acids is 2. The molecule has 2 amide bonds. The number of carbonyl (C=O) groups is 2. The summed E-state index contributed by atoms with van der Waals surface area (Å²) < 4.78 is 0. The molecule has 0 aliphatic carbocycles. The quantitative estimate of drug-likeness (QED) is 0.412. The van der Waals surface area contributed by atoms with Crippen molar-refractivity contribution in [1.82, 2.24) is 10.5 Å². The van der Waals surface area contributed by atoms with Crippen molar-refractivity contribution in [3.63, 3.8) is 0 Å². The smallest absolute Gasteiger partial charge is 0.262 e. The molecule has 1 aliphatic rings. The van der Waals surface area contributed by atoms with Crippen LogP contribution in [-0.4, -0.2) is 28.6 Å². The molecular weight excluding hydrogens is 344 g/mol. The van der Waals surface area contributed by atoms with Gasteiger partial charge in [0.2, 0.25) is 5.91 Å². The summed E-state index contributed by atoms with van der Waals surface area (Å²) in [6, 6.07) is 7.61. The van der Waals surface area contributed by atoms with Crippen LogP contribution < -0.4 is 15.7 Å². The lowest BCUT2D eigenvalue weighted by molar-refractivity contribution is -0.129. The van der Waals surface area contributed by atoms with Crippen LogP contribution in [0.5, 0.6) is 0 Å². The summed E-state index contributed by atoms with van der Waals surface area (Å²) in [5.74, 6) is 0.0938. The molecule has 0 fully saturated rings. The lowest BCUT2D eigenvalue weighted by Crippen LogP contribution is -2.31. The molecule has 0 unspecified atom stereocenters. The third-order valence-corrected chi connectivity index (χ3v) is 4.85. The highest BCUT2D eigenvalue weighted by Gasteiger charge is 2.27. The number of hydrogen-bond acceptors (Lipinski definition) is 5. The molecule has 3 N–H and O–H groups in total. The Balaban J connectivity index is 1.84. The summed E-state index contributed by atoms with van der Waals surface area (Å²) in [5, 5.41) is 11.8. The van der Waals surface area contributed by atoms with Gasteiger partial charge in [-0.3, -0.25) is 14.8 Å². The maximum absolute atomic E-state index is 13.2. The van der Waals surface area contributed by atoms with E-state index < -0.39 is 0 Å². The van der Waals surface area contributed by atoms with Gasteiger partial charge in [0, 0.05) is 19.2 Å². The Labute approximate surface area is 158 Å². The van der Waals surface area contributed by atoms with E-state index in [1.54, 1.807) is 28.7 Å². The molecule has 2 aromatic rings. The number of hydrogen-bond donors (Lipinski definition) is 3. The molecule has 142 valence electrons. The number of nitrogens with one attached hydrogen (secondary N) is 2. The second-order valence-electron chi connectivity index (χ2n) is 6.78. The zero-order chi connectivity index (χ0) is 19.4. The monoisotopic (exact) mass is 368 g/mol. The summed E-state index contributed by atoms with van der Waals surface area (Å²) in [6.07, 6.45) is 4.14. The van der Waals surface area contributed by atoms with E-state index in [0.717, 1.165) is 35.3 Å². The molecule has 0 bridgehead atoms. The first-order valence-corrected chi connectivity index (χ1v) is 9.09. The first-order valence-electron chi connectivity index (χ1n) is 9.09. The van der Waals surface area contributed by atoms with Crippen molar-refractivity contribution >= 4 is 29.0 Å². The van der Waals surface area contributed by atoms with Crippen molar-refractivity contribution in [3.05, 3.63) is 47.2 Å². The van der Waals surface area contributed by atoms with E-state index in [9.17, 15) is 9.59 Å². The number of pyridine rings is 1. The van der Waals surface area contributed by atoms with Gasteiger partial charge in [-0.15, -0.1) is 0 Å². The highest BCUT2D eigenvalue weighted by atomic mass is 16.5. The number of amides is 2. The molecule has 27 heavy (non-hydrogen) atoms. The van der Waals surface area contributed by atoms with E-state index in [2.05, 4.69) is 10.3 Å². The standard InChI is InChI=1S/C20H24N4O3/c1-13-11-16-17(12-14(13)2)24(10-5-3-4-8-18(25)23-27)20(26)15-7-6-9-21-19(15)22-16/h6-7,9,11-12,27H,3-5,8,10H2,1-2H3,(H,21,22)(H,23,25). The number of fused-ring (bicyclic) bond motifs is 2. The summed E-state index contributed by atoms with van der Waals surface area (Å²) in [4.78, 5) is 30.4. The molecule has 0 radical (unpaired) electrons. The zero-order valence-corrected chi connectivity index (χ0v) is 15.6. The zero-order valence-electron chi connectivity index (χ0n) is 15.6. The Morgan fingerprint density at radius 2 is 2.00 bits per heavy atom. The average Bonchev–Trinajstić information content (AvgIpc) is 2.77. The Morgan fingerprint density at radius 1 is 1.22 bits per heavy atom. The molecule has 2 heterocycles. The molecule has 0 spiro atoms. The molecule has 7 nitrogen and oxygen atoms in total. The third kappa shape index (κ3) is 4.09. The van der Waals surface area contributed by atoms with Crippen LogP contribution in [0.25, 0.3) is 0 Å². The van der Waals surface area contributed by atoms with Gasteiger partial charge in [-0.05, 0) is 62.1 Å². The fourth-order valence-electron chi connectivity index (χ4n) is 3.19. The maximum atomic E-state index is 13.2. The summed E-state index contributed by atoms with van der Waals surface area (Å²) in [6.45, 7) is 4.62. The lowest BCUT2D eigenvalue weighted by atomic mass is 10.1. The molecule has 0 atom stereocenters. The van der Waals surface area contributed by atoms with Crippen LogP contribution in [0, 0.1) is 13.8 Å². The molecule has 1 aromatic carbocycles. The molecule has 7 heteroatoms. The van der Waals surface area contributed by atoms with E-state index >= 15 is 0 Å². The fourth-order valence-corrected chi connectivity index (χ4v) is 3.19. The highest BCUT2D eigenvalue weighted by Crippen LogP contribution is 2.36. The Hall–Kier alpha value is -2.93. The number of anilines is 3. The van der Waals surface area contributed by atoms with Gasteiger partial charge in [0.1, 0.15) is 5.82 Å². The van der Waals surface area contributed by atoms with Crippen LogP contribution in [0.4, 0.5) is 17.2 Å². The minimum Gasteiger partial charge on any atom is -0.338 e. The van der Waals surface area contributed by atoms with Gasteiger partial charge >= 0.3 is 0 Å². The van der Waals surface area contributed by atoms with Crippen molar-refractivity contribution in [3.8, 4) is 0 Å². The second-order valence-corrected chi connectivity index (χ2v) is 6.78. The predicted molar refractivity (Wildman–Crippen MR) is 104 cm³/mol. The molecule has 1 aliphatic heterocycles. The minimum absolute atomic E-state index is 0.0827. The maximum Gasteiger partial charge on any atom is 0.262 e. The number of nitrogens with zero attached hydrogens (tertiary/aromatic N) is 2. The fraction of sp³-hybridized carbons (Fsp3) is 0.350. The van der Waals surface area contributed by atoms with Crippen LogP contribution in [0.3, 0.4) is 0 Å². The van der Waals surface area contributed by atoms with Gasteiger partial charge in [0.05, 0.1) is 16.9 Å². The SMILES string of the molecule is Cc1cc2c(cc1C)N(CCCCCC(=O)NO)C(=O)c1cccnc1N2. The first-order chi connectivity index (χ1) is 13.0. The number of aryl methyl sites for hydroxylation is 2. The largest absolute Gasteiger partial charge is 0.338 e. The van der Waals surface area contributed by atoms with Crippen LogP contribution in [0.1, 0.15) is 47.2 Å². The Kier molecular flexibility index (Phi) is 5.71. The molecular formula is C20H24N4O3. The van der Waals surface area contributed by atoms with Crippen LogP contribution in [0.2, 0.25) is 0 Å². The second kappa shape index (κ2) is 8.18. The molecule has 0 saturated carbocycles. The number of rotatable bonds is 6. The third-order valence-electron chi connectivity index (χ3n) is 4.85. The van der Waals surface area contributed by atoms with Crippen LogP contribution in [-0.2, 0) is 4.79 Å². The molecule has 3 rings (SSSR count). The minimum atomic E-state index is -0.388. The van der Waals surface area contributed by atoms with Gasteiger partial charge in [-0.2, -0.15) is 0 Å². The summed E-state index contributed by atoms with van der Waals surface area (Å²) in [5.41, 5.74) is 6.15. The highest BCUT2D eigenvalue weighted by molar-refractivity contribution is 6.13. The Bertz CT molecular complexity index is 866. The van der Waals surface area contributed by atoms with Crippen LogP contribution in [0.15, 0.2) is 30.5 Å². The number of hydroxylamine groups is 1. The van der Waals surface area contributed by atoms with E-state index in [4.69, 9.17) is 5.21 Å². The van der Waals surface area contributed by atoms with Gasteiger partial charge in [-0.1, -0.05) is 6.42 Å². The van der Waals surface area contributed by atoms with Gasteiger partial charge in [-0.25, -0.2) is 10.5 Å².